The highest BCUT2D eigenvalue weighted by Crippen LogP contribution is 2.55. The molecule has 4 rings (SSSR count). The molecule has 0 aromatic carbocycles. The molecular formula is C20H25N3O2. The zero-order chi connectivity index (χ0) is 17.1. The fourth-order valence-corrected chi connectivity index (χ4v) is 3.67. The van der Waals surface area contributed by atoms with Crippen molar-refractivity contribution in [3.8, 4) is 11.5 Å². The van der Waals surface area contributed by atoms with Crippen molar-refractivity contribution in [2.75, 3.05) is 19.8 Å². The molecule has 5 nitrogen and oxygen atoms in total. The van der Waals surface area contributed by atoms with Gasteiger partial charge in [-0.2, -0.15) is 0 Å². The normalized spacial score (nSPS) is 27.4. The van der Waals surface area contributed by atoms with E-state index >= 15 is 0 Å². The number of nitrogens with one attached hydrogen (secondary N) is 1. The van der Waals surface area contributed by atoms with Crippen LogP contribution in [0, 0.1) is 11.8 Å². The molecule has 2 aromatic heterocycles. The Morgan fingerprint density at radius 3 is 2.72 bits per heavy atom. The van der Waals surface area contributed by atoms with Gasteiger partial charge < -0.3 is 14.8 Å². The molecule has 0 amide bonds. The number of hydrogen-bond donors (Lipinski definition) is 1. The maximum atomic E-state index is 5.88. The summed E-state index contributed by atoms with van der Waals surface area (Å²) >= 11 is 0. The first-order chi connectivity index (χ1) is 12.3. The van der Waals surface area contributed by atoms with Crippen molar-refractivity contribution < 1.29 is 9.47 Å². The van der Waals surface area contributed by atoms with Crippen LogP contribution in [0.15, 0.2) is 43.0 Å². The number of aromatic nitrogens is 2. The lowest BCUT2D eigenvalue weighted by Crippen LogP contribution is -2.46. The van der Waals surface area contributed by atoms with E-state index in [0.717, 1.165) is 37.7 Å². The van der Waals surface area contributed by atoms with E-state index in [9.17, 15) is 0 Å². The van der Waals surface area contributed by atoms with Gasteiger partial charge in [0.25, 0.3) is 0 Å². The Morgan fingerprint density at radius 1 is 1.12 bits per heavy atom. The molecular weight excluding hydrogens is 314 g/mol. The van der Waals surface area contributed by atoms with Crippen LogP contribution >= 0.6 is 0 Å². The molecule has 2 aliphatic rings. The fraction of sp³-hybridized carbons (Fsp3) is 0.500. The molecule has 1 saturated heterocycles. The second-order valence-corrected chi connectivity index (χ2v) is 7.07. The van der Waals surface area contributed by atoms with E-state index in [0.29, 0.717) is 23.8 Å². The topological polar surface area (TPSA) is 56.3 Å². The highest BCUT2D eigenvalue weighted by Gasteiger charge is 2.47. The van der Waals surface area contributed by atoms with Crippen LogP contribution < -0.4 is 14.8 Å². The minimum Gasteiger partial charge on any atom is -0.493 e. The largest absolute Gasteiger partial charge is 0.493 e. The molecule has 0 unspecified atom stereocenters. The maximum Gasteiger partial charge on any atom is 0.137 e. The van der Waals surface area contributed by atoms with Gasteiger partial charge in [0.1, 0.15) is 18.1 Å². The molecule has 25 heavy (non-hydrogen) atoms. The Kier molecular flexibility index (Phi) is 4.83. The lowest BCUT2D eigenvalue weighted by atomic mass is 10.1. The molecule has 0 radical (unpaired) electrons. The predicted octanol–water partition coefficient (Wildman–Crippen LogP) is 3.04. The van der Waals surface area contributed by atoms with Gasteiger partial charge in [-0.05, 0) is 60.9 Å². The van der Waals surface area contributed by atoms with E-state index in [1.54, 1.807) is 12.4 Å². The van der Waals surface area contributed by atoms with Gasteiger partial charge in [0.15, 0.2) is 0 Å². The predicted molar refractivity (Wildman–Crippen MR) is 95.9 cm³/mol. The van der Waals surface area contributed by atoms with Crippen molar-refractivity contribution in [3.05, 3.63) is 48.5 Å². The molecule has 1 N–H and O–H groups in total. The van der Waals surface area contributed by atoms with Gasteiger partial charge in [0, 0.05) is 24.6 Å². The fourth-order valence-electron chi connectivity index (χ4n) is 3.67. The van der Waals surface area contributed by atoms with Crippen LogP contribution in [0.3, 0.4) is 0 Å². The lowest BCUT2D eigenvalue weighted by molar-refractivity contribution is 0.216. The average molecular weight is 339 g/mol. The quantitative estimate of drug-likeness (QED) is 0.801. The van der Waals surface area contributed by atoms with Crippen LogP contribution in [-0.2, 0) is 0 Å². The molecule has 0 bridgehead atoms. The van der Waals surface area contributed by atoms with Crippen LogP contribution in [0.25, 0.3) is 0 Å². The summed E-state index contributed by atoms with van der Waals surface area (Å²) in [5, 5.41) is 3.35. The summed E-state index contributed by atoms with van der Waals surface area (Å²) < 4.78 is 11.7. The second-order valence-electron chi connectivity index (χ2n) is 7.07. The highest BCUT2D eigenvalue weighted by atomic mass is 16.5. The van der Waals surface area contributed by atoms with Crippen molar-refractivity contribution >= 4 is 0 Å². The van der Waals surface area contributed by atoms with E-state index in [2.05, 4.69) is 28.3 Å². The van der Waals surface area contributed by atoms with E-state index in [1.165, 1.54) is 12.0 Å². The van der Waals surface area contributed by atoms with Crippen LogP contribution in [0.1, 0.15) is 31.2 Å². The Labute approximate surface area is 148 Å². The Morgan fingerprint density at radius 2 is 1.96 bits per heavy atom. The Hall–Kier alpha value is -2.14. The summed E-state index contributed by atoms with van der Waals surface area (Å²) in [5.74, 6) is 3.68. The van der Waals surface area contributed by atoms with Gasteiger partial charge in [-0.25, -0.2) is 0 Å². The van der Waals surface area contributed by atoms with Crippen molar-refractivity contribution in [3.63, 3.8) is 0 Å². The van der Waals surface area contributed by atoms with E-state index in [-0.39, 0.29) is 0 Å². The molecule has 1 aliphatic heterocycles. The summed E-state index contributed by atoms with van der Waals surface area (Å²) in [4.78, 5) is 8.39. The first-order valence-corrected chi connectivity index (χ1v) is 9.15. The first-order valence-electron chi connectivity index (χ1n) is 9.15. The van der Waals surface area contributed by atoms with Crippen molar-refractivity contribution in [2.45, 2.75) is 31.7 Å². The molecule has 0 spiro atoms. The van der Waals surface area contributed by atoms with E-state index in [4.69, 9.17) is 9.47 Å². The summed E-state index contributed by atoms with van der Waals surface area (Å²) in [7, 11) is 0. The molecule has 2 fully saturated rings. The summed E-state index contributed by atoms with van der Waals surface area (Å²) in [6, 6.07) is 6.46. The molecule has 132 valence electrons. The minimum atomic E-state index is 0.501. The minimum absolute atomic E-state index is 0.501. The number of hydrogen-bond acceptors (Lipinski definition) is 5. The van der Waals surface area contributed by atoms with Crippen LogP contribution in [0.2, 0.25) is 0 Å². The second kappa shape index (κ2) is 7.40. The summed E-state index contributed by atoms with van der Waals surface area (Å²) in [5.41, 5.74) is 1.29. The van der Waals surface area contributed by atoms with Crippen LogP contribution in [-0.4, -0.2) is 35.8 Å². The number of rotatable bonds is 8. The molecule has 3 heterocycles. The van der Waals surface area contributed by atoms with E-state index in [1.807, 2.05) is 24.5 Å². The molecule has 5 heteroatoms. The van der Waals surface area contributed by atoms with Gasteiger partial charge in [-0.1, -0.05) is 6.92 Å². The zero-order valence-corrected chi connectivity index (χ0v) is 14.6. The van der Waals surface area contributed by atoms with Gasteiger partial charge in [-0.15, -0.1) is 0 Å². The third-order valence-corrected chi connectivity index (χ3v) is 5.43. The maximum absolute atomic E-state index is 5.88. The van der Waals surface area contributed by atoms with Crippen LogP contribution in [0.4, 0.5) is 0 Å². The lowest BCUT2D eigenvalue weighted by Gasteiger charge is -2.27. The highest BCUT2D eigenvalue weighted by molar-refractivity contribution is 5.31. The van der Waals surface area contributed by atoms with E-state index < -0.39 is 0 Å². The van der Waals surface area contributed by atoms with Crippen molar-refractivity contribution in [1.82, 2.24) is 15.3 Å². The van der Waals surface area contributed by atoms with Gasteiger partial charge in [-0.3, -0.25) is 9.97 Å². The standard InChI is InChI=1S/C20H25N3O2/c1-14-19(5-9-24-17-3-6-21-7-4-17)20(14)15-10-18(12-22-11-15)25-13-16-2-8-23-16/h3-4,6-7,10-12,14,16,19-20,23H,2,5,8-9,13H2,1H3/t14-,16-,19-,20+/m0/s1. The molecule has 2 aromatic rings. The third kappa shape index (κ3) is 3.93. The smallest absolute Gasteiger partial charge is 0.137 e. The number of ether oxygens (including phenoxy) is 2. The zero-order valence-electron chi connectivity index (χ0n) is 14.6. The van der Waals surface area contributed by atoms with Crippen molar-refractivity contribution in [1.29, 1.82) is 0 Å². The molecule has 1 saturated carbocycles. The Balaban J connectivity index is 1.28. The monoisotopic (exact) mass is 339 g/mol. The van der Waals surface area contributed by atoms with Gasteiger partial charge in [0.05, 0.1) is 12.8 Å². The van der Waals surface area contributed by atoms with Crippen LogP contribution in [0.5, 0.6) is 11.5 Å². The molecule has 4 atom stereocenters. The number of pyridine rings is 2. The SMILES string of the molecule is C[C@H]1[C@H](CCOc2ccncc2)[C@H]1c1cncc(OC[C@@H]2CCN2)c1. The van der Waals surface area contributed by atoms with Gasteiger partial charge >= 0.3 is 0 Å². The van der Waals surface area contributed by atoms with Crippen molar-refractivity contribution in [2.24, 2.45) is 11.8 Å². The van der Waals surface area contributed by atoms with Gasteiger partial charge in [0.2, 0.25) is 0 Å². The molecule has 1 aliphatic carbocycles. The third-order valence-electron chi connectivity index (χ3n) is 5.43. The first kappa shape index (κ1) is 16.3. The summed E-state index contributed by atoms with van der Waals surface area (Å²) in [6.45, 7) is 4.89. The summed E-state index contributed by atoms with van der Waals surface area (Å²) in [6.07, 6.45) is 9.58. The Bertz CT molecular complexity index is 690. The average Bonchev–Trinajstić information content (AvgIpc) is 3.24. The number of nitrogens with zero attached hydrogens (tertiary/aromatic N) is 2.